The van der Waals surface area contributed by atoms with E-state index in [1.807, 2.05) is 13.0 Å². The lowest BCUT2D eigenvalue weighted by Gasteiger charge is -2.14. The maximum absolute atomic E-state index is 12.6. The van der Waals surface area contributed by atoms with Crippen molar-refractivity contribution in [3.05, 3.63) is 53.1 Å². The number of halogens is 3. The highest BCUT2D eigenvalue weighted by Gasteiger charge is 2.30. The van der Waals surface area contributed by atoms with Gasteiger partial charge in [-0.15, -0.1) is 0 Å². The van der Waals surface area contributed by atoms with Gasteiger partial charge in [0.15, 0.2) is 0 Å². The Morgan fingerprint density at radius 1 is 1.10 bits per heavy atom. The van der Waals surface area contributed by atoms with E-state index in [0.717, 1.165) is 17.7 Å². The third-order valence-electron chi connectivity index (χ3n) is 3.18. The van der Waals surface area contributed by atoms with Crippen LogP contribution < -0.4 is 0 Å². The zero-order chi connectivity index (χ0) is 15.6. The fraction of sp³-hybridized carbons (Fsp3) is 0.250. The first-order chi connectivity index (χ1) is 9.82. The molecule has 2 nitrogen and oxygen atoms in total. The van der Waals surface area contributed by atoms with E-state index < -0.39 is 11.7 Å². The van der Waals surface area contributed by atoms with Crippen LogP contribution in [-0.4, -0.2) is 12.2 Å². The SMILES string of the molecule is COCc1c(O)cc(C)cc1-c1ccc(C(F)(F)F)cc1. The van der Waals surface area contributed by atoms with Crippen LogP contribution in [0.25, 0.3) is 11.1 Å². The van der Waals surface area contributed by atoms with Crippen molar-refractivity contribution in [2.75, 3.05) is 7.11 Å². The Kier molecular flexibility index (Phi) is 4.23. The van der Waals surface area contributed by atoms with E-state index in [4.69, 9.17) is 4.74 Å². The Balaban J connectivity index is 2.51. The molecule has 0 amide bonds. The summed E-state index contributed by atoms with van der Waals surface area (Å²) < 4.78 is 42.8. The molecule has 5 heteroatoms. The molecule has 0 radical (unpaired) electrons. The molecule has 0 bridgehead atoms. The second-order valence-corrected chi connectivity index (χ2v) is 4.82. The zero-order valence-electron chi connectivity index (χ0n) is 11.7. The summed E-state index contributed by atoms with van der Waals surface area (Å²) in [5.74, 6) is 0.0757. The molecule has 0 heterocycles. The lowest BCUT2D eigenvalue weighted by Crippen LogP contribution is -2.04. The van der Waals surface area contributed by atoms with Gasteiger partial charge >= 0.3 is 6.18 Å². The van der Waals surface area contributed by atoms with Crippen LogP contribution in [0.3, 0.4) is 0 Å². The summed E-state index contributed by atoms with van der Waals surface area (Å²) in [7, 11) is 1.50. The molecule has 0 saturated carbocycles. The van der Waals surface area contributed by atoms with E-state index in [2.05, 4.69) is 0 Å². The van der Waals surface area contributed by atoms with Gasteiger partial charge in [0, 0.05) is 12.7 Å². The fourth-order valence-electron chi connectivity index (χ4n) is 2.19. The van der Waals surface area contributed by atoms with E-state index >= 15 is 0 Å². The number of rotatable bonds is 3. The molecule has 0 aliphatic heterocycles. The third kappa shape index (κ3) is 3.36. The minimum atomic E-state index is -4.36. The molecule has 0 aromatic heterocycles. The number of hydrogen-bond donors (Lipinski definition) is 1. The average molecular weight is 296 g/mol. The lowest BCUT2D eigenvalue weighted by atomic mass is 9.96. The molecule has 0 unspecified atom stereocenters. The van der Waals surface area contributed by atoms with Gasteiger partial charge in [-0.2, -0.15) is 13.2 Å². The number of benzene rings is 2. The monoisotopic (exact) mass is 296 g/mol. The first-order valence-electron chi connectivity index (χ1n) is 6.32. The number of aromatic hydroxyl groups is 1. The Morgan fingerprint density at radius 2 is 1.71 bits per heavy atom. The van der Waals surface area contributed by atoms with E-state index in [1.165, 1.54) is 19.2 Å². The van der Waals surface area contributed by atoms with Gasteiger partial charge in [-0.3, -0.25) is 0 Å². The van der Waals surface area contributed by atoms with Gasteiger partial charge in [-0.05, 0) is 41.8 Å². The summed E-state index contributed by atoms with van der Waals surface area (Å²) in [5, 5.41) is 9.99. The third-order valence-corrected chi connectivity index (χ3v) is 3.18. The van der Waals surface area contributed by atoms with Gasteiger partial charge in [0.2, 0.25) is 0 Å². The van der Waals surface area contributed by atoms with Crippen molar-refractivity contribution < 1.29 is 23.0 Å². The van der Waals surface area contributed by atoms with Crippen LogP contribution in [0.2, 0.25) is 0 Å². The molecule has 2 aromatic carbocycles. The molecule has 0 aliphatic carbocycles. The molecule has 2 rings (SSSR count). The van der Waals surface area contributed by atoms with Crippen LogP contribution in [0.15, 0.2) is 36.4 Å². The molecule has 1 N–H and O–H groups in total. The van der Waals surface area contributed by atoms with E-state index in [0.29, 0.717) is 16.7 Å². The molecule has 0 fully saturated rings. The Morgan fingerprint density at radius 3 is 2.24 bits per heavy atom. The molecule has 0 spiro atoms. The normalized spacial score (nSPS) is 11.7. The maximum atomic E-state index is 12.6. The van der Waals surface area contributed by atoms with Gasteiger partial charge in [-0.1, -0.05) is 18.2 Å². The Hall–Kier alpha value is -2.01. The number of methoxy groups -OCH3 is 1. The minimum Gasteiger partial charge on any atom is -0.508 e. The summed E-state index contributed by atoms with van der Waals surface area (Å²) >= 11 is 0. The number of ether oxygens (including phenoxy) is 1. The highest BCUT2D eigenvalue weighted by molar-refractivity contribution is 5.71. The molecule has 0 atom stereocenters. The van der Waals surface area contributed by atoms with Crippen molar-refractivity contribution in [2.45, 2.75) is 19.7 Å². The predicted octanol–water partition coefficient (Wildman–Crippen LogP) is 4.53. The van der Waals surface area contributed by atoms with E-state index in [9.17, 15) is 18.3 Å². The zero-order valence-corrected chi connectivity index (χ0v) is 11.7. The van der Waals surface area contributed by atoms with Crippen LogP contribution in [0.5, 0.6) is 5.75 Å². The predicted molar refractivity (Wildman–Crippen MR) is 74.0 cm³/mol. The molecule has 21 heavy (non-hydrogen) atoms. The summed E-state index contributed by atoms with van der Waals surface area (Å²) in [6.45, 7) is 1.99. The van der Waals surface area contributed by atoms with Crippen molar-refractivity contribution in [2.24, 2.45) is 0 Å². The van der Waals surface area contributed by atoms with Crippen LogP contribution in [0, 0.1) is 6.92 Å². The van der Waals surface area contributed by atoms with Gasteiger partial charge < -0.3 is 9.84 Å². The number of alkyl halides is 3. The van der Waals surface area contributed by atoms with Crippen LogP contribution in [0.1, 0.15) is 16.7 Å². The molecule has 112 valence electrons. The van der Waals surface area contributed by atoms with Crippen molar-refractivity contribution in [3.8, 4) is 16.9 Å². The Labute approximate surface area is 120 Å². The average Bonchev–Trinajstić information content (AvgIpc) is 2.41. The van der Waals surface area contributed by atoms with Crippen molar-refractivity contribution in [3.63, 3.8) is 0 Å². The first kappa shape index (κ1) is 15.4. The van der Waals surface area contributed by atoms with Gasteiger partial charge in [0.1, 0.15) is 5.75 Å². The second-order valence-electron chi connectivity index (χ2n) is 4.82. The van der Waals surface area contributed by atoms with Crippen molar-refractivity contribution in [1.82, 2.24) is 0 Å². The van der Waals surface area contributed by atoms with Crippen LogP contribution in [0.4, 0.5) is 13.2 Å². The maximum Gasteiger partial charge on any atom is 0.416 e. The minimum absolute atomic E-state index is 0.0757. The smallest absolute Gasteiger partial charge is 0.416 e. The summed E-state index contributed by atoms with van der Waals surface area (Å²) in [4.78, 5) is 0. The molecule has 2 aromatic rings. The highest BCUT2D eigenvalue weighted by Crippen LogP contribution is 2.35. The largest absolute Gasteiger partial charge is 0.508 e. The standard InChI is InChI=1S/C16H15F3O2/c1-10-7-13(14(9-21-2)15(20)8-10)11-3-5-12(6-4-11)16(17,18)19/h3-8,20H,9H2,1-2H3. The quantitative estimate of drug-likeness (QED) is 0.901. The number of hydrogen-bond acceptors (Lipinski definition) is 2. The Bertz CT molecular complexity index is 631. The van der Waals surface area contributed by atoms with E-state index in [1.54, 1.807) is 6.07 Å². The van der Waals surface area contributed by atoms with Crippen LogP contribution in [-0.2, 0) is 17.5 Å². The van der Waals surface area contributed by atoms with Crippen LogP contribution >= 0.6 is 0 Å². The lowest BCUT2D eigenvalue weighted by molar-refractivity contribution is -0.137. The summed E-state index contributed by atoms with van der Waals surface area (Å²) in [6, 6.07) is 8.28. The number of phenolic OH excluding ortho intramolecular Hbond substituents is 1. The van der Waals surface area contributed by atoms with Crippen molar-refractivity contribution >= 4 is 0 Å². The van der Waals surface area contributed by atoms with Crippen molar-refractivity contribution in [1.29, 1.82) is 0 Å². The first-order valence-corrected chi connectivity index (χ1v) is 6.32. The number of aryl methyl sites for hydroxylation is 1. The summed E-state index contributed by atoms with van der Waals surface area (Å²) in [6.07, 6.45) is -4.36. The van der Waals surface area contributed by atoms with Gasteiger partial charge in [-0.25, -0.2) is 0 Å². The number of phenols is 1. The molecular formula is C16H15F3O2. The van der Waals surface area contributed by atoms with Gasteiger partial charge in [0.25, 0.3) is 0 Å². The molecular weight excluding hydrogens is 281 g/mol. The summed E-state index contributed by atoms with van der Waals surface area (Å²) in [5.41, 5.74) is 1.96. The second kappa shape index (κ2) is 5.77. The molecule has 0 aliphatic rings. The topological polar surface area (TPSA) is 29.5 Å². The molecule has 0 saturated heterocycles. The fourth-order valence-corrected chi connectivity index (χ4v) is 2.19. The van der Waals surface area contributed by atoms with E-state index in [-0.39, 0.29) is 12.4 Å². The van der Waals surface area contributed by atoms with Gasteiger partial charge in [0.05, 0.1) is 12.2 Å². The highest BCUT2D eigenvalue weighted by atomic mass is 19.4.